The van der Waals surface area contributed by atoms with E-state index in [2.05, 4.69) is 14.7 Å². The quantitative estimate of drug-likeness (QED) is 0.901. The minimum Gasteiger partial charge on any atom is -0.495 e. The summed E-state index contributed by atoms with van der Waals surface area (Å²) in [6, 6.07) is 4.45. The number of methoxy groups -OCH3 is 2. The van der Waals surface area contributed by atoms with Crippen LogP contribution in [0.25, 0.3) is 0 Å². The number of ether oxygens (including phenoxy) is 2. The maximum absolute atomic E-state index is 12.4. The fourth-order valence-electron chi connectivity index (χ4n) is 1.54. The zero-order chi connectivity index (χ0) is 15.5. The van der Waals surface area contributed by atoms with Gasteiger partial charge in [0.1, 0.15) is 10.6 Å². The minimum absolute atomic E-state index is 0.0756. The molecule has 0 radical (unpaired) electrons. The average molecular weight is 330 g/mol. The standard InChI is InChI=1S/C12H12ClN3O4S/c1-19-10-4-3-8(13)5-11(10)21(17,18)16-9-6-14-12(20-2)15-7-9/h3-7,16H,1-2H3. The fraction of sp³-hybridized carbons (Fsp3) is 0.167. The lowest BCUT2D eigenvalue weighted by atomic mass is 10.3. The van der Waals surface area contributed by atoms with Gasteiger partial charge in [-0.3, -0.25) is 4.72 Å². The topological polar surface area (TPSA) is 90.4 Å². The van der Waals surface area contributed by atoms with Crippen LogP contribution in [0.4, 0.5) is 5.69 Å². The first kappa shape index (κ1) is 15.3. The Morgan fingerprint density at radius 1 is 1.14 bits per heavy atom. The molecule has 0 bridgehead atoms. The lowest BCUT2D eigenvalue weighted by Crippen LogP contribution is -2.14. The first-order chi connectivity index (χ1) is 9.96. The van der Waals surface area contributed by atoms with Crippen LogP contribution in [0.5, 0.6) is 11.8 Å². The number of nitrogens with zero attached hydrogens (tertiary/aromatic N) is 2. The SMILES string of the molecule is COc1ncc(NS(=O)(=O)c2cc(Cl)ccc2OC)cn1. The summed E-state index contributed by atoms with van der Waals surface area (Å²) in [5.41, 5.74) is 0.192. The van der Waals surface area contributed by atoms with Gasteiger partial charge in [-0.1, -0.05) is 11.6 Å². The average Bonchev–Trinajstić information content (AvgIpc) is 2.47. The maximum atomic E-state index is 12.4. The molecule has 21 heavy (non-hydrogen) atoms. The van der Waals surface area contributed by atoms with E-state index in [0.29, 0.717) is 0 Å². The Balaban J connectivity index is 2.35. The summed E-state index contributed by atoms with van der Waals surface area (Å²) in [5.74, 6) is 0.182. The van der Waals surface area contributed by atoms with Crippen molar-refractivity contribution in [2.24, 2.45) is 0 Å². The Morgan fingerprint density at radius 3 is 2.38 bits per heavy atom. The Kier molecular flexibility index (Phi) is 4.49. The number of aromatic nitrogens is 2. The van der Waals surface area contributed by atoms with Crippen molar-refractivity contribution in [1.82, 2.24) is 9.97 Å². The Labute approximate surface area is 126 Å². The van der Waals surface area contributed by atoms with E-state index in [-0.39, 0.29) is 27.4 Å². The van der Waals surface area contributed by atoms with Gasteiger partial charge in [0, 0.05) is 5.02 Å². The van der Waals surface area contributed by atoms with Crippen molar-refractivity contribution < 1.29 is 17.9 Å². The second kappa shape index (κ2) is 6.15. The molecule has 0 atom stereocenters. The number of benzene rings is 1. The van der Waals surface area contributed by atoms with Gasteiger partial charge in [0.05, 0.1) is 32.3 Å². The lowest BCUT2D eigenvalue weighted by molar-refractivity contribution is 0.380. The summed E-state index contributed by atoms with van der Waals surface area (Å²) >= 11 is 5.83. The van der Waals surface area contributed by atoms with E-state index in [0.717, 1.165) is 0 Å². The van der Waals surface area contributed by atoms with Gasteiger partial charge in [0.25, 0.3) is 10.0 Å². The Hall–Kier alpha value is -2.06. The molecule has 0 aliphatic heterocycles. The van der Waals surface area contributed by atoms with Crippen LogP contribution in [0.1, 0.15) is 0 Å². The van der Waals surface area contributed by atoms with E-state index in [1.54, 1.807) is 0 Å². The van der Waals surface area contributed by atoms with Crippen LogP contribution in [0, 0.1) is 0 Å². The van der Waals surface area contributed by atoms with Gasteiger partial charge in [-0.15, -0.1) is 0 Å². The van der Waals surface area contributed by atoms with Crippen molar-refractivity contribution in [3.8, 4) is 11.8 Å². The molecular formula is C12H12ClN3O4S. The van der Waals surface area contributed by atoms with E-state index in [1.165, 1.54) is 44.8 Å². The van der Waals surface area contributed by atoms with Crippen molar-refractivity contribution in [2.75, 3.05) is 18.9 Å². The number of halogens is 1. The zero-order valence-corrected chi connectivity index (χ0v) is 12.8. The second-order valence-electron chi connectivity index (χ2n) is 3.86. The lowest BCUT2D eigenvalue weighted by Gasteiger charge is -2.11. The molecule has 0 spiro atoms. The third-order valence-corrected chi connectivity index (χ3v) is 4.12. The Bertz CT molecular complexity index is 735. The van der Waals surface area contributed by atoms with Crippen LogP contribution < -0.4 is 14.2 Å². The molecule has 0 aliphatic carbocycles. The summed E-state index contributed by atoms with van der Waals surface area (Å²) in [5, 5.41) is 0.280. The van der Waals surface area contributed by atoms with Gasteiger partial charge >= 0.3 is 6.01 Å². The molecule has 1 N–H and O–H groups in total. The van der Waals surface area contributed by atoms with E-state index in [4.69, 9.17) is 21.1 Å². The van der Waals surface area contributed by atoms with E-state index < -0.39 is 10.0 Å². The van der Waals surface area contributed by atoms with Crippen molar-refractivity contribution >= 4 is 27.3 Å². The molecule has 0 aliphatic rings. The summed E-state index contributed by atoms with van der Waals surface area (Å²) in [6.45, 7) is 0. The third-order valence-electron chi connectivity index (χ3n) is 2.48. The zero-order valence-electron chi connectivity index (χ0n) is 11.2. The molecule has 0 saturated carbocycles. The number of rotatable bonds is 5. The van der Waals surface area contributed by atoms with Gasteiger partial charge in [-0.05, 0) is 18.2 Å². The van der Waals surface area contributed by atoms with Crippen LogP contribution in [0.2, 0.25) is 5.02 Å². The van der Waals surface area contributed by atoms with Gasteiger partial charge in [-0.25, -0.2) is 18.4 Å². The Morgan fingerprint density at radius 2 is 1.81 bits per heavy atom. The number of anilines is 1. The van der Waals surface area contributed by atoms with E-state index in [9.17, 15) is 8.42 Å². The van der Waals surface area contributed by atoms with Crippen LogP contribution in [0.3, 0.4) is 0 Å². The predicted molar refractivity (Wildman–Crippen MR) is 77.4 cm³/mol. The van der Waals surface area contributed by atoms with Gasteiger partial charge in [0.2, 0.25) is 0 Å². The van der Waals surface area contributed by atoms with Crippen molar-refractivity contribution in [3.05, 3.63) is 35.6 Å². The summed E-state index contributed by atoms with van der Waals surface area (Å²) < 4.78 is 36.9. The van der Waals surface area contributed by atoms with Crippen LogP contribution >= 0.6 is 11.6 Å². The molecule has 1 aromatic heterocycles. The largest absolute Gasteiger partial charge is 0.495 e. The molecular weight excluding hydrogens is 318 g/mol. The highest BCUT2D eigenvalue weighted by molar-refractivity contribution is 7.92. The predicted octanol–water partition coefficient (Wildman–Crippen LogP) is 1.95. The van der Waals surface area contributed by atoms with Crippen molar-refractivity contribution in [2.45, 2.75) is 4.90 Å². The molecule has 0 amide bonds. The molecule has 7 nitrogen and oxygen atoms in total. The normalized spacial score (nSPS) is 11.0. The molecule has 0 fully saturated rings. The molecule has 0 saturated heterocycles. The minimum atomic E-state index is -3.88. The van der Waals surface area contributed by atoms with Crippen LogP contribution in [-0.4, -0.2) is 32.6 Å². The number of nitrogens with one attached hydrogen (secondary N) is 1. The fourth-order valence-corrected chi connectivity index (χ4v) is 3.01. The molecule has 0 unspecified atom stereocenters. The number of hydrogen-bond donors (Lipinski definition) is 1. The summed E-state index contributed by atoms with van der Waals surface area (Å²) in [6.07, 6.45) is 2.58. The van der Waals surface area contributed by atoms with Crippen LogP contribution in [-0.2, 0) is 10.0 Å². The van der Waals surface area contributed by atoms with Gasteiger partial charge in [0.15, 0.2) is 0 Å². The summed E-state index contributed by atoms with van der Waals surface area (Å²) in [7, 11) is -1.09. The van der Waals surface area contributed by atoms with Crippen LogP contribution in [0.15, 0.2) is 35.5 Å². The monoisotopic (exact) mass is 329 g/mol. The van der Waals surface area contributed by atoms with E-state index in [1.807, 2.05) is 0 Å². The van der Waals surface area contributed by atoms with E-state index >= 15 is 0 Å². The molecule has 9 heteroatoms. The number of sulfonamides is 1. The molecule has 1 aromatic carbocycles. The molecule has 1 heterocycles. The highest BCUT2D eigenvalue weighted by Crippen LogP contribution is 2.28. The number of hydrogen-bond acceptors (Lipinski definition) is 6. The highest BCUT2D eigenvalue weighted by atomic mass is 35.5. The first-order valence-corrected chi connectivity index (χ1v) is 7.55. The second-order valence-corrected chi connectivity index (χ2v) is 5.95. The van der Waals surface area contributed by atoms with Gasteiger partial charge < -0.3 is 9.47 Å². The smallest absolute Gasteiger partial charge is 0.316 e. The maximum Gasteiger partial charge on any atom is 0.316 e. The molecule has 2 rings (SSSR count). The third kappa shape index (κ3) is 3.53. The highest BCUT2D eigenvalue weighted by Gasteiger charge is 2.20. The van der Waals surface area contributed by atoms with Gasteiger partial charge in [-0.2, -0.15) is 0 Å². The summed E-state index contributed by atoms with van der Waals surface area (Å²) in [4.78, 5) is 7.56. The molecule has 112 valence electrons. The van der Waals surface area contributed by atoms with Crippen molar-refractivity contribution in [1.29, 1.82) is 0 Å². The molecule has 2 aromatic rings. The first-order valence-electron chi connectivity index (χ1n) is 5.68. The van der Waals surface area contributed by atoms with Crippen molar-refractivity contribution in [3.63, 3.8) is 0 Å².